The van der Waals surface area contributed by atoms with Gasteiger partial charge in [-0.25, -0.2) is 0 Å². The second-order valence-electron chi connectivity index (χ2n) is 2.89. The van der Waals surface area contributed by atoms with E-state index in [9.17, 15) is 0 Å². The lowest BCUT2D eigenvalue weighted by atomic mass is 9.90. The molecule has 0 nitrogen and oxygen atoms in total. The lowest BCUT2D eigenvalue weighted by molar-refractivity contribution is 0.519. The molecule has 0 fully saturated rings. The van der Waals surface area contributed by atoms with Crippen LogP contribution in [0.3, 0.4) is 0 Å². The molecule has 1 unspecified atom stereocenters. The molecule has 0 amide bonds. The first-order valence-electron chi connectivity index (χ1n) is 4.04. The van der Waals surface area contributed by atoms with Crippen LogP contribution in [0.4, 0.5) is 0 Å². The van der Waals surface area contributed by atoms with E-state index >= 15 is 0 Å². The van der Waals surface area contributed by atoms with Gasteiger partial charge >= 0.3 is 0 Å². The Bertz CT molecular complexity index is 57.1. The second kappa shape index (κ2) is 4.84. The molecule has 0 spiro atoms. The standard InChI is InChI=1S/C9H19/c1-5-7-9(4)8(3)6-2/h9H,5-7H2,1-4H3/q-1. The minimum absolute atomic E-state index is 0.847. The molecule has 0 saturated carbocycles. The van der Waals surface area contributed by atoms with Crippen LogP contribution in [-0.4, -0.2) is 0 Å². The Hall–Kier alpha value is 0. The van der Waals surface area contributed by atoms with Gasteiger partial charge in [0.1, 0.15) is 0 Å². The first-order valence-corrected chi connectivity index (χ1v) is 4.04. The number of rotatable bonds is 4. The Kier molecular flexibility index (Phi) is 4.84. The Morgan fingerprint density at radius 3 is 2.22 bits per heavy atom. The van der Waals surface area contributed by atoms with Crippen molar-refractivity contribution in [2.24, 2.45) is 5.92 Å². The summed E-state index contributed by atoms with van der Waals surface area (Å²) in [5.41, 5.74) is 0. The Balaban J connectivity index is 3.32. The lowest BCUT2D eigenvalue weighted by Gasteiger charge is -2.30. The smallest absolute Gasteiger partial charge is 0.0584 e. The minimum Gasteiger partial charge on any atom is -0.314 e. The third kappa shape index (κ3) is 3.56. The van der Waals surface area contributed by atoms with Gasteiger partial charge in [0.2, 0.25) is 0 Å². The molecule has 0 N–H and O–H groups in total. The first kappa shape index (κ1) is 9.00. The molecule has 0 aliphatic rings. The summed E-state index contributed by atoms with van der Waals surface area (Å²) in [7, 11) is 0. The number of hydrogen-bond donors (Lipinski definition) is 0. The average molecular weight is 127 g/mol. The summed E-state index contributed by atoms with van der Waals surface area (Å²) in [4.78, 5) is 0. The van der Waals surface area contributed by atoms with Crippen molar-refractivity contribution in [3.8, 4) is 0 Å². The highest BCUT2D eigenvalue weighted by Gasteiger charge is 1.94. The average Bonchev–Trinajstić information content (AvgIpc) is 1.87. The number of hydrogen-bond acceptors (Lipinski definition) is 0. The maximum absolute atomic E-state index is 2.32. The zero-order valence-electron chi connectivity index (χ0n) is 7.20. The fourth-order valence-corrected chi connectivity index (χ4v) is 1.03. The first-order chi connectivity index (χ1) is 4.22. The Morgan fingerprint density at radius 1 is 1.33 bits per heavy atom. The van der Waals surface area contributed by atoms with E-state index in [2.05, 4.69) is 27.7 Å². The largest absolute Gasteiger partial charge is 0.314 e. The molecule has 0 saturated heterocycles. The summed E-state index contributed by atoms with van der Waals surface area (Å²) in [6.07, 6.45) is 3.93. The molecule has 0 heteroatoms. The van der Waals surface area contributed by atoms with E-state index < -0.39 is 0 Å². The van der Waals surface area contributed by atoms with Crippen LogP contribution in [0.15, 0.2) is 0 Å². The molecule has 56 valence electrons. The van der Waals surface area contributed by atoms with E-state index in [1.54, 1.807) is 5.92 Å². The predicted octanol–water partition coefficient (Wildman–Crippen LogP) is 3.43. The summed E-state index contributed by atoms with van der Waals surface area (Å²) in [6.45, 7) is 9.07. The van der Waals surface area contributed by atoms with Gasteiger partial charge in [0, 0.05) is 0 Å². The van der Waals surface area contributed by atoms with Crippen molar-refractivity contribution in [2.75, 3.05) is 0 Å². The van der Waals surface area contributed by atoms with Crippen molar-refractivity contribution < 1.29 is 0 Å². The van der Waals surface area contributed by atoms with Crippen molar-refractivity contribution in [1.29, 1.82) is 0 Å². The van der Waals surface area contributed by atoms with Crippen LogP contribution >= 0.6 is 0 Å². The molecule has 0 aromatic heterocycles. The zero-order valence-corrected chi connectivity index (χ0v) is 7.20. The van der Waals surface area contributed by atoms with Crippen molar-refractivity contribution >= 4 is 0 Å². The third-order valence-electron chi connectivity index (χ3n) is 2.12. The third-order valence-corrected chi connectivity index (χ3v) is 2.12. The highest BCUT2D eigenvalue weighted by Crippen LogP contribution is 2.20. The molecule has 0 radical (unpaired) electrons. The summed E-state index contributed by atoms with van der Waals surface area (Å²) >= 11 is 0. The molecular formula is C9H19-. The van der Waals surface area contributed by atoms with Gasteiger partial charge in [-0.2, -0.15) is 19.3 Å². The minimum atomic E-state index is 0.847. The predicted molar refractivity (Wildman–Crippen MR) is 43.3 cm³/mol. The molecule has 1 atom stereocenters. The van der Waals surface area contributed by atoms with Crippen LogP contribution < -0.4 is 0 Å². The van der Waals surface area contributed by atoms with Crippen molar-refractivity contribution in [2.45, 2.75) is 47.0 Å². The highest BCUT2D eigenvalue weighted by atomic mass is 14.1. The molecule has 0 aliphatic heterocycles. The van der Waals surface area contributed by atoms with E-state index in [1.807, 2.05) is 0 Å². The van der Waals surface area contributed by atoms with Gasteiger partial charge in [0.25, 0.3) is 0 Å². The maximum atomic E-state index is 2.32. The van der Waals surface area contributed by atoms with Gasteiger partial charge in [-0.05, 0) is 0 Å². The van der Waals surface area contributed by atoms with Gasteiger partial charge < -0.3 is 5.92 Å². The maximum Gasteiger partial charge on any atom is -0.0584 e. The summed E-state index contributed by atoms with van der Waals surface area (Å²) < 4.78 is 0. The van der Waals surface area contributed by atoms with E-state index in [0.29, 0.717) is 0 Å². The van der Waals surface area contributed by atoms with Gasteiger partial charge in [0.05, 0.1) is 0 Å². The van der Waals surface area contributed by atoms with Crippen molar-refractivity contribution in [3.63, 3.8) is 0 Å². The van der Waals surface area contributed by atoms with Crippen LogP contribution in [0, 0.1) is 11.8 Å². The molecular weight excluding hydrogens is 108 g/mol. The molecule has 0 aromatic rings. The lowest BCUT2D eigenvalue weighted by Crippen LogP contribution is -2.03. The summed E-state index contributed by atoms with van der Waals surface area (Å²) in [5.74, 6) is 2.50. The van der Waals surface area contributed by atoms with Gasteiger partial charge in [-0.1, -0.05) is 33.6 Å². The molecule has 0 aromatic carbocycles. The van der Waals surface area contributed by atoms with Crippen LogP contribution in [-0.2, 0) is 0 Å². The summed E-state index contributed by atoms with van der Waals surface area (Å²) in [6, 6.07) is 0. The normalized spacial score (nSPS) is 14.3. The van der Waals surface area contributed by atoms with Crippen LogP contribution in [0.2, 0.25) is 0 Å². The monoisotopic (exact) mass is 127 g/mol. The van der Waals surface area contributed by atoms with E-state index in [1.165, 1.54) is 19.3 Å². The topological polar surface area (TPSA) is 0 Å². The van der Waals surface area contributed by atoms with E-state index in [4.69, 9.17) is 0 Å². The zero-order chi connectivity index (χ0) is 7.28. The molecule has 9 heavy (non-hydrogen) atoms. The fraction of sp³-hybridized carbons (Fsp3) is 0.889. The van der Waals surface area contributed by atoms with Gasteiger partial charge in [-0.3, -0.25) is 0 Å². The SMILES string of the molecule is CCCC(C)[C-](C)CC. The van der Waals surface area contributed by atoms with Crippen molar-refractivity contribution in [1.82, 2.24) is 0 Å². The molecule has 0 bridgehead atoms. The van der Waals surface area contributed by atoms with Crippen molar-refractivity contribution in [3.05, 3.63) is 5.92 Å². The van der Waals surface area contributed by atoms with Crippen LogP contribution in [0.25, 0.3) is 0 Å². The molecule has 0 aliphatic carbocycles. The van der Waals surface area contributed by atoms with E-state index in [-0.39, 0.29) is 0 Å². The summed E-state index contributed by atoms with van der Waals surface area (Å²) in [5, 5.41) is 0. The molecule has 0 heterocycles. The molecule has 0 rings (SSSR count). The van der Waals surface area contributed by atoms with Crippen LogP contribution in [0.5, 0.6) is 0 Å². The quantitative estimate of drug-likeness (QED) is 0.507. The van der Waals surface area contributed by atoms with Gasteiger partial charge in [-0.15, -0.1) is 0 Å². The van der Waals surface area contributed by atoms with Gasteiger partial charge in [0.15, 0.2) is 0 Å². The fourth-order valence-electron chi connectivity index (χ4n) is 1.03. The highest BCUT2D eigenvalue weighted by molar-refractivity contribution is 4.87. The van der Waals surface area contributed by atoms with E-state index in [0.717, 1.165) is 5.92 Å². The Labute approximate surface area is 59.7 Å². The second-order valence-corrected chi connectivity index (χ2v) is 2.89. The Morgan fingerprint density at radius 2 is 1.89 bits per heavy atom. The van der Waals surface area contributed by atoms with Crippen LogP contribution in [0.1, 0.15) is 47.0 Å².